The predicted octanol–water partition coefficient (Wildman–Crippen LogP) is 3.06. The SMILES string of the molecule is CCNC(=NCc1ccc(OC)cc1OC)NCCc1csc(N2CCCC2)n1. The molecule has 1 aromatic heterocycles. The summed E-state index contributed by atoms with van der Waals surface area (Å²) >= 11 is 1.75. The van der Waals surface area contributed by atoms with Crippen LogP contribution in [0.15, 0.2) is 28.6 Å². The highest BCUT2D eigenvalue weighted by Crippen LogP contribution is 2.25. The van der Waals surface area contributed by atoms with E-state index in [0.717, 1.165) is 66.4 Å². The average molecular weight is 418 g/mol. The lowest BCUT2D eigenvalue weighted by Crippen LogP contribution is -2.38. The highest BCUT2D eigenvalue weighted by Gasteiger charge is 2.15. The number of thiazole rings is 1. The van der Waals surface area contributed by atoms with Crippen molar-refractivity contribution in [3.05, 3.63) is 34.8 Å². The summed E-state index contributed by atoms with van der Waals surface area (Å²) in [6, 6.07) is 5.79. The van der Waals surface area contributed by atoms with E-state index in [4.69, 9.17) is 19.5 Å². The summed E-state index contributed by atoms with van der Waals surface area (Å²) < 4.78 is 10.7. The molecule has 0 bridgehead atoms. The Morgan fingerprint density at radius 3 is 2.76 bits per heavy atom. The second-order valence-electron chi connectivity index (χ2n) is 6.87. The molecule has 1 aromatic carbocycles. The number of anilines is 1. The van der Waals surface area contributed by atoms with Crippen LogP contribution in [-0.2, 0) is 13.0 Å². The molecule has 1 aliphatic rings. The van der Waals surface area contributed by atoms with Gasteiger partial charge in [-0.05, 0) is 31.9 Å². The van der Waals surface area contributed by atoms with Crippen molar-refractivity contribution in [1.29, 1.82) is 0 Å². The number of rotatable bonds is 9. The van der Waals surface area contributed by atoms with Gasteiger partial charge in [0.2, 0.25) is 0 Å². The summed E-state index contributed by atoms with van der Waals surface area (Å²) in [6.07, 6.45) is 3.43. The number of guanidine groups is 1. The summed E-state index contributed by atoms with van der Waals surface area (Å²) in [4.78, 5) is 11.9. The Hall–Kier alpha value is -2.48. The van der Waals surface area contributed by atoms with Crippen molar-refractivity contribution in [3.8, 4) is 11.5 Å². The molecule has 3 rings (SSSR count). The summed E-state index contributed by atoms with van der Waals surface area (Å²) in [5.74, 6) is 2.34. The van der Waals surface area contributed by atoms with E-state index in [-0.39, 0.29) is 0 Å². The Kier molecular flexibility index (Phi) is 7.98. The van der Waals surface area contributed by atoms with Crippen LogP contribution < -0.4 is 25.0 Å². The lowest BCUT2D eigenvalue weighted by Gasteiger charge is -2.13. The highest BCUT2D eigenvalue weighted by atomic mass is 32.1. The summed E-state index contributed by atoms with van der Waals surface area (Å²) in [5, 5.41) is 10.0. The van der Waals surface area contributed by atoms with Crippen LogP contribution in [-0.4, -0.2) is 51.3 Å². The van der Waals surface area contributed by atoms with E-state index >= 15 is 0 Å². The molecule has 1 fully saturated rings. The van der Waals surface area contributed by atoms with Crippen molar-refractivity contribution < 1.29 is 9.47 Å². The van der Waals surface area contributed by atoms with Crippen molar-refractivity contribution in [2.75, 3.05) is 45.3 Å². The molecule has 0 saturated carbocycles. The molecular weight excluding hydrogens is 386 g/mol. The topological polar surface area (TPSA) is 71.0 Å². The number of aliphatic imine (C=N–C) groups is 1. The van der Waals surface area contributed by atoms with Gasteiger partial charge in [0.1, 0.15) is 11.5 Å². The van der Waals surface area contributed by atoms with Crippen molar-refractivity contribution in [3.63, 3.8) is 0 Å². The molecular formula is C21H31N5O2S. The first kappa shape index (κ1) is 21.2. The van der Waals surface area contributed by atoms with Crippen LogP contribution in [0.4, 0.5) is 5.13 Å². The predicted molar refractivity (Wildman–Crippen MR) is 120 cm³/mol. The van der Waals surface area contributed by atoms with Crippen LogP contribution in [0.5, 0.6) is 11.5 Å². The summed E-state index contributed by atoms with van der Waals surface area (Å²) in [6.45, 7) is 6.46. The lowest BCUT2D eigenvalue weighted by atomic mass is 10.2. The molecule has 1 aliphatic heterocycles. The number of nitrogens with zero attached hydrogens (tertiary/aromatic N) is 3. The number of hydrogen-bond donors (Lipinski definition) is 2. The second kappa shape index (κ2) is 10.9. The zero-order valence-electron chi connectivity index (χ0n) is 17.5. The highest BCUT2D eigenvalue weighted by molar-refractivity contribution is 7.13. The van der Waals surface area contributed by atoms with E-state index in [0.29, 0.717) is 6.54 Å². The number of methoxy groups -OCH3 is 2. The van der Waals surface area contributed by atoms with E-state index < -0.39 is 0 Å². The number of aromatic nitrogens is 1. The first-order valence-corrected chi connectivity index (χ1v) is 11.0. The van der Waals surface area contributed by atoms with Crippen molar-refractivity contribution in [2.24, 2.45) is 4.99 Å². The number of hydrogen-bond acceptors (Lipinski definition) is 6. The number of ether oxygens (including phenoxy) is 2. The maximum absolute atomic E-state index is 5.46. The van der Waals surface area contributed by atoms with Gasteiger partial charge < -0.3 is 25.0 Å². The second-order valence-corrected chi connectivity index (χ2v) is 7.70. The Labute approximate surface area is 177 Å². The van der Waals surface area contributed by atoms with Gasteiger partial charge in [0, 0.05) is 49.6 Å². The van der Waals surface area contributed by atoms with Crippen LogP contribution >= 0.6 is 11.3 Å². The molecule has 1 saturated heterocycles. The average Bonchev–Trinajstić information content (AvgIpc) is 3.43. The number of nitrogens with one attached hydrogen (secondary N) is 2. The smallest absolute Gasteiger partial charge is 0.191 e. The molecule has 0 amide bonds. The molecule has 8 heteroatoms. The minimum absolute atomic E-state index is 0.526. The molecule has 0 atom stereocenters. The van der Waals surface area contributed by atoms with Crippen LogP contribution in [0.25, 0.3) is 0 Å². The maximum Gasteiger partial charge on any atom is 0.191 e. The van der Waals surface area contributed by atoms with Crippen LogP contribution in [0.1, 0.15) is 31.0 Å². The fraction of sp³-hybridized carbons (Fsp3) is 0.524. The van der Waals surface area contributed by atoms with Crippen molar-refractivity contribution >= 4 is 22.4 Å². The molecule has 0 unspecified atom stereocenters. The third-order valence-electron chi connectivity index (χ3n) is 4.84. The molecule has 2 heterocycles. The summed E-state index contributed by atoms with van der Waals surface area (Å²) in [5.41, 5.74) is 2.15. The third-order valence-corrected chi connectivity index (χ3v) is 5.79. The molecule has 0 spiro atoms. The van der Waals surface area contributed by atoms with Gasteiger partial charge in [0.05, 0.1) is 26.5 Å². The molecule has 7 nitrogen and oxygen atoms in total. The first-order chi connectivity index (χ1) is 14.2. The zero-order valence-corrected chi connectivity index (χ0v) is 18.3. The van der Waals surface area contributed by atoms with Gasteiger partial charge in [-0.2, -0.15) is 0 Å². The minimum atomic E-state index is 0.526. The fourth-order valence-electron chi connectivity index (χ4n) is 3.26. The van der Waals surface area contributed by atoms with Gasteiger partial charge in [0.15, 0.2) is 11.1 Å². The Bertz CT molecular complexity index is 802. The van der Waals surface area contributed by atoms with E-state index in [1.165, 1.54) is 12.8 Å². The Morgan fingerprint density at radius 2 is 2.03 bits per heavy atom. The van der Waals surface area contributed by atoms with Gasteiger partial charge in [-0.15, -0.1) is 11.3 Å². The van der Waals surface area contributed by atoms with E-state index in [9.17, 15) is 0 Å². The number of benzene rings is 1. The first-order valence-electron chi connectivity index (χ1n) is 10.2. The quantitative estimate of drug-likeness (QED) is 0.483. The largest absolute Gasteiger partial charge is 0.497 e. The van der Waals surface area contributed by atoms with E-state index in [1.807, 2.05) is 18.2 Å². The molecule has 158 valence electrons. The Balaban J connectivity index is 1.54. The van der Waals surface area contributed by atoms with Crippen molar-refractivity contribution in [2.45, 2.75) is 32.7 Å². The zero-order chi connectivity index (χ0) is 20.5. The van der Waals surface area contributed by atoms with Gasteiger partial charge in [-0.3, -0.25) is 0 Å². The normalized spacial score (nSPS) is 14.2. The van der Waals surface area contributed by atoms with Crippen molar-refractivity contribution in [1.82, 2.24) is 15.6 Å². The Morgan fingerprint density at radius 1 is 1.21 bits per heavy atom. The van der Waals surface area contributed by atoms with E-state index in [1.54, 1.807) is 25.6 Å². The standard InChI is InChI=1S/C21H31N5O2S/c1-4-22-20(24-14-16-7-8-18(27-2)13-19(16)28-3)23-10-9-17-15-29-21(25-17)26-11-5-6-12-26/h7-8,13,15H,4-6,9-12,14H2,1-3H3,(H2,22,23,24). The molecule has 2 N–H and O–H groups in total. The molecule has 2 aromatic rings. The van der Waals surface area contributed by atoms with Gasteiger partial charge in [-0.25, -0.2) is 9.98 Å². The van der Waals surface area contributed by atoms with Crippen LogP contribution in [0.3, 0.4) is 0 Å². The third kappa shape index (κ3) is 6.00. The molecule has 29 heavy (non-hydrogen) atoms. The maximum atomic E-state index is 5.46. The van der Waals surface area contributed by atoms with Gasteiger partial charge in [-0.1, -0.05) is 0 Å². The fourth-order valence-corrected chi connectivity index (χ4v) is 4.18. The summed E-state index contributed by atoms with van der Waals surface area (Å²) in [7, 11) is 3.31. The van der Waals surface area contributed by atoms with Gasteiger partial charge in [0.25, 0.3) is 0 Å². The minimum Gasteiger partial charge on any atom is -0.497 e. The van der Waals surface area contributed by atoms with E-state index in [2.05, 4.69) is 27.8 Å². The van der Waals surface area contributed by atoms with Gasteiger partial charge >= 0.3 is 0 Å². The monoisotopic (exact) mass is 417 g/mol. The lowest BCUT2D eigenvalue weighted by molar-refractivity contribution is 0.391. The molecule has 0 aliphatic carbocycles. The molecule has 0 radical (unpaired) electrons. The van der Waals surface area contributed by atoms with Crippen LogP contribution in [0, 0.1) is 0 Å². The van der Waals surface area contributed by atoms with Crippen LogP contribution in [0.2, 0.25) is 0 Å².